The summed E-state index contributed by atoms with van der Waals surface area (Å²) in [4.78, 5) is 12.1. The summed E-state index contributed by atoms with van der Waals surface area (Å²) >= 11 is 4.96. The van der Waals surface area contributed by atoms with Gasteiger partial charge in [-0.3, -0.25) is 4.79 Å². The van der Waals surface area contributed by atoms with Crippen LogP contribution < -0.4 is 5.32 Å². The van der Waals surface area contributed by atoms with Gasteiger partial charge in [0.2, 0.25) is 0 Å². The molecule has 1 fully saturated rings. The molecule has 0 heterocycles. The minimum Gasteiger partial charge on any atom is -0.349 e. The molecule has 0 saturated heterocycles. The molecule has 0 bridgehead atoms. The molecule has 1 amide bonds. The second kappa shape index (κ2) is 6.06. The number of carbonyl (C=O) groups excluding carboxylic acids is 1. The zero-order valence-corrected chi connectivity index (χ0v) is 12.5. The predicted octanol–water partition coefficient (Wildman–Crippen LogP) is 3.60. The number of amides is 1. The monoisotopic (exact) mass is 331 g/mol. The SMILES string of the molecule is CSC1CCC(NC(=O)c2cccc(F)c2Br)C1. The molecule has 2 atom stereocenters. The number of benzene rings is 1. The first-order valence-corrected chi connectivity index (χ1v) is 7.97. The van der Waals surface area contributed by atoms with E-state index in [1.54, 1.807) is 12.1 Å². The summed E-state index contributed by atoms with van der Waals surface area (Å²) in [5.41, 5.74) is 0.364. The van der Waals surface area contributed by atoms with E-state index in [0.717, 1.165) is 19.3 Å². The van der Waals surface area contributed by atoms with Crippen molar-refractivity contribution in [3.05, 3.63) is 34.1 Å². The third kappa shape index (κ3) is 3.06. The molecule has 2 nitrogen and oxygen atoms in total. The first kappa shape index (κ1) is 13.9. The summed E-state index contributed by atoms with van der Waals surface area (Å²) in [6.45, 7) is 0. The topological polar surface area (TPSA) is 29.1 Å². The van der Waals surface area contributed by atoms with Gasteiger partial charge in [0.1, 0.15) is 5.82 Å². The van der Waals surface area contributed by atoms with Gasteiger partial charge in [-0.25, -0.2) is 4.39 Å². The van der Waals surface area contributed by atoms with Crippen LogP contribution in [0.3, 0.4) is 0 Å². The van der Waals surface area contributed by atoms with Crippen LogP contribution in [-0.2, 0) is 0 Å². The van der Waals surface area contributed by atoms with E-state index in [-0.39, 0.29) is 16.4 Å². The van der Waals surface area contributed by atoms with Crippen LogP contribution in [0.5, 0.6) is 0 Å². The van der Waals surface area contributed by atoms with E-state index in [1.807, 2.05) is 11.8 Å². The van der Waals surface area contributed by atoms with Crippen molar-refractivity contribution in [1.82, 2.24) is 5.32 Å². The zero-order valence-electron chi connectivity index (χ0n) is 10.1. The third-order valence-electron chi connectivity index (χ3n) is 3.25. The zero-order chi connectivity index (χ0) is 13.1. The molecule has 1 aromatic carbocycles. The number of hydrogen-bond donors (Lipinski definition) is 1. The lowest BCUT2D eigenvalue weighted by molar-refractivity contribution is 0.0936. The van der Waals surface area contributed by atoms with Crippen LogP contribution in [-0.4, -0.2) is 23.5 Å². The Morgan fingerprint density at radius 3 is 2.94 bits per heavy atom. The standard InChI is InChI=1S/C13H15BrFNOS/c1-18-9-6-5-8(7-9)16-13(17)10-3-2-4-11(15)12(10)14/h2-4,8-9H,5-7H2,1H3,(H,16,17). The van der Waals surface area contributed by atoms with Gasteiger partial charge in [0.05, 0.1) is 10.0 Å². The van der Waals surface area contributed by atoms with Crippen molar-refractivity contribution in [1.29, 1.82) is 0 Å². The lowest BCUT2D eigenvalue weighted by Gasteiger charge is -2.13. The fourth-order valence-corrected chi connectivity index (χ4v) is 3.47. The van der Waals surface area contributed by atoms with Gasteiger partial charge in [-0.1, -0.05) is 6.07 Å². The molecule has 1 saturated carbocycles. The Kier molecular flexibility index (Phi) is 4.67. The Balaban J connectivity index is 2.02. The van der Waals surface area contributed by atoms with Crippen LogP contribution in [0.25, 0.3) is 0 Å². The van der Waals surface area contributed by atoms with Gasteiger partial charge in [-0.15, -0.1) is 0 Å². The Hall–Kier alpha value is -0.550. The first-order valence-electron chi connectivity index (χ1n) is 5.89. The van der Waals surface area contributed by atoms with E-state index >= 15 is 0 Å². The van der Waals surface area contributed by atoms with Crippen molar-refractivity contribution in [2.45, 2.75) is 30.6 Å². The molecule has 98 valence electrons. The van der Waals surface area contributed by atoms with Crippen LogP contribution in [0.1, 0.15) is 29.6 Å². The largest absolute Gasteiger partial charge is 0.349 e. The average molecular weight is 332 g/mol. The molecule has 1 N–H and O–H groups in total. The second-order valence-corrected chi connectivity index (χ2v) is 6.37. The molecule has 18 heavy (non-hydrogen) atoms. The molecular weight excluding hydrogens is 317 g/mol. The molecule has 2 unspecified atom stereocenters. The molecule has 0 radical (unpaired) electrons. The van der Waals surface area contributed by atoms with Crippen molar-refractivity contribution in [2.75, 3.05) is 6.26 Å². The fraction of sp³-hybridized carbons (Fsp3) is 0.462. The minimum atomic E-state index is -0.406. The number of carbonyl (C=O) groups is 1. The highest BCUT2D eigenvalue weighted by molar-refractivity contribution is 9.10. The Bertz CT molecular complexity index is 455. The van der Waals surface area contributed by atoms with Crippen molar-refractivity contribution < 1.29 is 9.18 Å². The van der Waals surface area contributed by atoms with E-state index in [1.165, 1.54) is 6.07 Å². The maximum Gasteiger partial charge on any atom is 0.252 e. The maximum absolute atomic E-state index is 13.3. The average Bonchev–Trinajstić information content (AvgIpc) is 2.80. The number of halogens is 2. The highest BCUT2D eigenvalue weighted by Gasteiger charge is 2.26. The lowest BCUT2D eigenvalue weighted by atomic mass is 10.2. The Morgan fingerprint density at radius 1 is 1.50 bits per heavy atom. The van der Waals surface area contributed by atoms with Crippen molar-refractivity contribution in [3.63, 3.8) is 0 Å². The molecule has 0 aromatic heterocycles. The third-order valence-corrected chi connectivity index (χ3v) is 5.15. The summed E-state index contributed by atoms with van der Waals surface area (Å²) in [6, 6.07) is 4.73. The molecule has 1 aromatic rings. The van der Waals surface area contributed by atoms with E-state index < -0.39 is 5.82 Å². The molecule has 1 aliphatic carbocycles. The number of rotatable bonds is 3. The minimum absolute atomic E-state index is 0.201. The Morgan fingerprint density at radius 2 is 2.28 bits per heavy atom. The molecule has 5 heteroatoms. The van der Waals surface area contributed by atoms with Crippen molar-refractivity contribution in [3.8, 4) is 0 Å². The normalized spacial score (nSPS) is 23.1. The molecule has 0 spiro atoms. The van der Waals surface area contributed by atoms with Crippen LogP contribution in [0.2, 0.25) is 0 Å². The molecule has 1 aliphatic rings. The number of thioether (sulfide) groups is 1. The van der Waals surface area contributed by atoms with E-state index in [4.69, 9.17) is 0 Å². The van der Waals surface area contributed by atoms with E-state index in [9.17, 15) is 9.18 Å². The van der Waals surface area contributed by atoms with Crippen LogP contribution >= 0.6 is 27.7 Å². The van der Waals surface area contributed by atoms with Gasteiger partial charge in [0.25, 0.3) is 5.91 Å². The van der Waals surface area contributed by atoms with Crippen molar-refractivity contribution in [2.24, 2.45) is 0 Å². The summed E-state index contributed by atoms with van der Waals surface area (Å²) in [6.07, 6.45) is 5.23. The van der Waals surface area contributed by atoms with Crippen LogP contribution in [0, 0.1) is 5.82 Å². The number of nitrogens with one attached hydrogen (secondary N) is 1. The van der Waals surface area contributed by atoms with Crippen LogP contribution in [0.15, 0.2) is 22.7 Å². The van der Waals surface area contributed by atoms with E-state index in [0.29, 0.717) is 10.8 Å². The predicted molar refractivity (Wildman–Crippen MR) is 76.5 cm³/mol. The van der Waals surface area contributed by atoms with E-state index in [2.05, 4.69) is 27.5 Å². The highest BCUT2D eigenvalue weighted by Crippen LogP contribution is 2.28. The van der Waals surface area contributed by atoms with Gasteiger partial charge in [-0.05, 0) is 53.6 Å². The summed E-state index contributed by atoms with van der Waals surface area (Å²) in [5.74, 6) is -0.607. The van der Waals surface area contributed by atoms with Crippen LogP contribution in [0.4, 0.5) is 4.39 Å². The smallest absolute Gasteiger partial charge is 0.252 e. The maximum atomic E-state index is 13.3. The van der Waals surface area contributed by atoms with Gasteiger partial charge in [0, 0.05) is 11.3 Å². The molecular formula is C13H15BrFNOS. The fourth-order valence-electron chi connectivity index (χ4n) is 2.23. The number of hydrogen-bond acceptors (Lipinski definition) is 2. The summed E-state index contributed by atoms with van der Waals surface area (Å²) in [5, 5.41) is 3.61. The molecule has 2 rings (SSSR count). The second-order valence-electron chi connectivity index (χ2n) is 4.44. The van der Waals surface area contributed by atoms with Gasteiger partial charge < -0.3 is 5.32 Å². The lowest BCUT2D eigenvalue weighted by Crippen LogP contribution is -2.33. The Labute approximate surface area is 119 Å². The first-order chi connectivity index (χ1) is 8.61. The quantitative estimate of drug-likeness (QED) is 0.916. The summed E-state index contributed by atoms with van der Waals surface area (Å²) < 4.78 is 13.6. The van der Waals surface area contributed by atoms with Crippen molar-refractivity contribution >= 4 is 33.6 Å². The van der Waals surface area contributed by atoms with Gasteiger partial charge in [0.15, 0.2) is 0 Å². The molecule has 0 aliphatic heterocycles. The van der Waals surface area contributed by atoms with Gasteiger partial charge in [-0.2, -0.15) is 11.8 Å². The highest BCUT2D eigenvalue weighted by atomic mass is 79.9. The van der Waals surface area contributed by atoms with Gasteiger partial charge >= 0.3 is 0 Å². The summed E-state index contributed by atoms with van der Waals surface area (Å²) in [7, 11) is 0.